The summed E-state index contributed by atoms with van der Waals surface area (Å²) in [5, 5.41) is 1.16. The Balaban J connectivity index is 1.99. The number of furan rings is 1. The third-order valence-corrected chi connectivity index (χ3v) is 4.13. The highest BCUT2D eigenvalue weighted by Gasteiger charge is 2.36. The first-order chi connectivity index (χ1) is 9.84. The van der Waals surface area contributed by atoms with Crippen molar-refractivity contribution < 1.29 is 8.98 Å². The highest BCUT2D eigenvalue weighted by Crippen LogP contribution is 2.35. The maximum Gasteiger partial charge on any atom is 0.339 e. The molecule has 0 spiro atoms. The molecule has 20 heavy (non-hydrogen) atoms. The third-order valence-electron chi connectivity index (χ3n) is 4.13. The summed E-state index contributed by atoms with van der Waals surface area (Å²) in [6, 6.07) is 12.3. The van der Waals surface area contributed by atoms with Crippen LogP contribution in [0.3, 0.4) is 0 Å². The highest BCUT2D eigenvalue weighted by molar-refractivity contribution is 6.01. The maximum absolute atomic E-state index is 6.01. The summed E-state index contributed by atoms with van der Waals surface area (Å²) in [7, 11) is 2.04. The lowest BCUT2D eigenvalue weighted by Gasteiger charge is -1.92. The number of nitrogens with zero attached hydrogens (tertiary/aromatic N) is 3. The van der Waals surface area contributed by atoms with Crippen LogP contribution in [0, 0.1) is 0 Å². The Kier molecular flexibility index (Phi) is 1.67. The molecule has 0 N–H and O–H groups in total. The Bertz CT molecular complexity index is 994. The van der Waals surface area contributed by atoms with Crippen molar-refractivity contribution in [2.75, 3.05) is 0 Å². The molecular weight excluding hydrogens is 250 g/mol. The first-order valence-electron chi connectivity index (χ1n) is 6.68. The second-order valence-electron chi connectivity index (χ2n) is 5.23. The first kappa shape index (κ1) is 10.2. The van der Waals surface area contributed by atoms with Crippen molar-refractivity contribution in [3.8, 4) is 11.5 Å². The van der Waals surface area contributed by atoms with Gasteiger partial charge in [-0.05, 0) is 18.2 Å². The van der Waals surface area contributed by atoms with Crippen molar-refractivity contribution in [3.63, 3.8) is 0 Å². The van der Waals surface area contributed by atoms with E-state index in [-0.39, 0.29) is 0 Å². The molecule has 0 radical (unpaired) electrons. The number of hydrogen-bond donors (Lipinski definition) is 0. The molecule has 0 saturated heterocycles. The standard InChI is InChI=1S/C16H12N3O/c1-18-15-13-10(5-4-8-17-13)9-19(15)14-11-6-2-3-7-12(11)20-16(14)18/h2-8H,9H2,1H3/q+1. The van der Waals surface area contributed by atoms with Crippen LogP contribution in [0.25, 0.3) is 33.7 Å². The van der Waals surface area contributed by atoms with Gasteiger partial charge < -0.3 is 4.42 Å². The van der Waals surface area contributed by atoms with E-state index in [1.54, 1.807) is 0 Å². The minimum atomic E-state index is 0.860. The van der Waals surface area contributed by atoms with Crippen LogP contribution in [0.2, 0.25) is 0 Å². The van der Waals surface area contributed by atoms with Crippen LogP contribution in [0.15, 0.2) is 47.0 Å². The summed E-state index contributed by atoms with van der Waals surface area (Å²) in [6.07, 6.45) is 1.85. The molecule has 4 heteroatoms. The maximum atomic E-state index is 6.01. The van der Waals surface area contributed by atoms with Crippen LogP contribution in [-0.2, 0) is 13.6 Å². The molecule has 1 aromatic carbocycles. The van der Waals surface area contributed by atoms with Gasteiger partial charge in [-0.25, -0.2) is 9.55 Å². The molecule has 0 unspecified atom stereocenters. The van der Waals surface area contributed by atoms with Crippen LogP contribution >= 0.6 is 0 Å². The van der Waals surface area contributed by atoms with Crippen LogP contribution in [-0.4, -0.2) is 9.55 Å². The number of para-hydroxylation sites is 1. The van der Waals surface area contributed by atoms with Gasteiger partial charge >= 0.3 is 11.5 Å². The highest BCUT2D eigenvalue weighted by atomic mass is 16.3. The summed E-state index contributed by atoms with van der Waals surface area (Å²) in [6.45, 7) is 0.860. The molecule has 0 amide bonds. The van der Waals surface area contributed by atoms with Gasteiger partial charge in [0.1, 0.15) is 12.1 Å². The van der Waals surface area contributed by atoms with Crippen LogP contribution in [0.5, 0.6) is 0 Å². The molecule has 3 aromatic heterocycles. The Morgan fingerprint density at radius 1 is 1.20 bits per heavy atom. The fourth-order valence-corrected chi connectivity index (χ4v) is 3.27. The van der Waals surface area contributed by atoms with E-state index in [0.717, 1.165) is 40.3 Å². The number of aryl methyl sites for hydroxylation is 1. The van der Waals surface area contributed by atoms with Crippen molar-refractivity contribution in [3.05, 3.63) is 48.2 Å². The van der Waals surface area contributed by atoms with Crippen LogP contribution in [0.1, 0.15) is 5.56 Å². The van der Waals surface area contributed by atoms with E-state index in [4.69, 9.17) is 4.42 Å². The monoisotopic (exact) mass is 262 g/mol. The Morgan fingerprint density at radius 2 is 2.10 bits per heavy atom. The lowest BCUT2D eigenvalue weighted by molar-refractivity contribution is -0.640. The van der Waals surface area contributed by atoms with Crippen molar-refractivity contribution >= 4 is 22.2 Å². The Labute approximate surface area is 114 Å². The van der Waals surface area contributed by atoms with Gasteiger partial charge in [0, 0.05) is 11.8 Å². The number of benzene rings is 1. The molecule has 4 heterocycles. The number of rotatable bonds is 0. The molecule has 0 atom stereocenters. The van der Waals surface area contributed by atoms with E-state index >= 15 is 0 Å². The topological polar surface area (TPSA) is 34.8 Å². The summed E-state index contributed by atoms with van der Waals surface area (Å²) in [5.74, 6) is 1.13. The van der Waals surface area contributed by atoms with Crippen LogP contribution in [0.4, 0.5) is 0 Å². The fourth-order valence-electron chi connectivity index (χ4n) is 3.27. The molecule has 0 aliphatic carbocycles. The molecule has 0 fully saturated rings. The van der Waals surface area contributed by atoms with Crippen molar-refractivity contribution in [1.29, 1.82) is 0 Å². The van der Waals surface area contributed by atoms with Gasteiger partial charge in [-0.3, -0.25) is 0 Å². The zero-order chi connectivity index (χ0) is 13.3. The largest absolute Gasteiger partial charge is 0.419 e. The molecule has 1 aliphatic heterocycles. The molecule has 4 nitrogen and oxygen atoms in total. The number of imidazole rings is 1. The smallest absolute Gasteiger partial charge is 0.339 e. The molecular formula is C16H12N3O+. The van der Waals surface area contributed by atoms with Gasteiger partial charge in [-0.2, -0.15) is 4.57 Å². The number of hydrogen-bond acceptors (Lipinski definition) is 2. The van der Waals surface area contributed by atoms with E-state index in [0.29, 0.717) is 0 Å². The zero-order valence-corrected chi connectivity index (χ0v) is 11.0. The molecule has 0 saturated carbocycles. The normalized spacial score (nSPS) is 13.1. The molecule has 96 valence electrons. The average Bonchev–Trinajstić information content (AvgIpc) is 3.10. The zero-order valence-electron chi connectivity index (χ0n) is 11.0. The van der Waals surface area contributed by atoms with Crippen molar-refractivity contribution in [2.45, 2.75) is 6.54 Å². The minimum absolute atomic E-state index is 0.860. The Morgan fingerprint density at radius 3 is 3.05 bits per heavy atom. The SMILES string of the molecule is C[n+]1c2n(c3c4ccccc4oc31)Cc1cccnc1-2. The molecule has 5 rings (SSSR count). The Hall–Kier alpha value is -2.62. The predicted molar refractivity (Wildman–Crippen MR) is 75.2 cm³/mol. The summed E-state index contributed by atoms with van der Waals surface area (Å²) >= 11 is 0. The summed E-state index contributed by atoms with van der Waals surface area (Å²) < 4.78 is 10.4. The van der Waals surface area contributed by atoms with Gasteiger partial charge in [0.2, 0.25) is 5.52 Å². The van der Waals surface area contributed by atoms with Gasteiger partial charge in [0.15, 0.2) is 5.69 Å². The van der Waals surface area contributed by atoms with E-state index in [1.165, 1.54) is 5.56 Å². The summed E-state index contributed by atoms with van der Waals surface area (Å²) in [4.78, 5) is 4.53. The van der Waals surface area contributed by atoms with Crippen LogP contribution < -0.4 is 4.57 Å². The number of aromatic nitrogens is 3. The van der Waals surface area contributed by atoms with Crippen molar-refractivity contribution in [1.82, 2.24) is 9.55 Å². The second kappa shape index (κ2) is 3.28. The molecule has 4 aromatic rings. The number of pyridine rings is 1. The first-order valence-corrected chi connectivity index (χ1v) is 6.68. The molecule has 1 aliphatic rings. The number of fused-ring (bicyclic) bond motifs is 7. The van der Waals surface area contributed by atoms with Gasteiger partial charge in [0.25, 0.3) is 0 Å². The predicted octanol–water partition coefficient (Wildman–Crippen LogP) is 2.64. The third kappa shape index (κ3) is 1.04. The van der Waals surface area contributed by atoms with Gasteiger partial charge in [-0.15, -0.1) is 0 Å². The lowest BCUT2D eigenvalue weighted by Crippen LogP contribution is -2.29. The summed E-state index contributed by atoms with van der Waals surface area (Å²) in [5.41, 5.74) is 5.34. The van der Waals surface area contributed by atoms with Gasteiger partial charge in [-0.1, -0.05) is 18.2 Å². The minimum Gasteiger partial charge on any atom is -0.419 e. The average molecular weight is 262 g/mol. The van der Waals surface area contributed by atoms with E-state index in [2.05, 4.69) is 32.3 Å². The fraction of sp³-hybridized carbons (Fsp3) is 0.125. The van der Waals surface area contributed by atoms with E-state index in [9.17, 15) is 0 Å². The molecule has 0 bridgehead atoms. The van der Waals surface area contributed by atoms with E-state index in [1.807, 2.05) is 31.4 Å². The van der Waals surface area contributed by atoms with Crippen molar-refractivity contribution in [2.24, 2.45) is 7.05 Å². The lowest BCUT2D eigenvalue weighted by atomic mass is 10.2. The second-order valence-corrected chi connectivity index (χ2v) is 5.23. The quantitative estimate of drug-likeness (QED) is 0.402. The van der Waals surface area contributed by atoms with Gasteiger partial charge in [0.05, 0.1) is 12.4 Å². The van der Waals surface area contributed by atoms with E-state index < -0.39 is 0 Å².